The Hall–Kier alpha value is -3.13. The van der Waals surface area contributed by atoms with E-state index in [0.717, 1.165) is 48.4 Å². The van der Waals surface area contributed by atoms with E-state index >= 15 is 0 Å². The smallest absolute Gasteiger partial charge is 0.316 e. The number of methoxy groups -OCH3 is 1. The molecule has 5 rings (SSSR count). The molecule has 2 aromatic heterocycles. The van der Waals surface area contributed by atoms with Gasteiger partial charge in [0.15, 0.2) is 0 Å². The molecule has 3 heterocycles. The first-order valence-corrected chi connectivity index (χ1v) is 12.4. The van der Waals surface area contributed by atoms with Crippen molar-refractivity contribution < 1.29 is 13.9 Å². The predicted octanol–water partition coefficient (Wildman–Crippen LogP) is 4.71. The fraction of sp³-hybridized carbons (Fsp3) is 0.481. The predicted molar refractivity (Wildman–Crippen MR) is 132 cm³/mol. The monoisotopic (exact) mass is 477 g/mol. The van der Waals surface area contributed by atoms with Crippen LogP contribution in [0.1, 0.15) is 37.3 Å². The molecule has 8 heteroatoms. The Morgan fingerprint density at radius 2 is 1.74 bits per heavy atom. The second-order valence-electron chi connectivity index (χ2n) is 9.51. The van der Waals surface area contributed by atoms with Crippen LogP contribution in [-0.4, -0.2) is 46.7 Å². The fourth-order valence-electron chi connectivity index (χ4n) is 5.00. The van der Waals surface area contributed by atoms with Crippen molar-refractivity contribution in [2.45, 2.75) is 39.2 Å². The van der Waals surface area contributed by atoms with Gasteiger partial charge in [-0.3, -0.25) is 0 Å². The molecule has 0 N–H and O–H groups in total. The first-order valence-electron chi connectivity index (χ1n) is 12.4. The Kier molecular flexibility index (Phi) is 7.18. The molecule has 35 heavy (non-hydrogen) atoms. The quantitative estimate of drug-likeness (QED) is 0.442. The molecule has 1 saturated carbocycles. The van der Waals surface area contributed by atoms with Gasteiger partial charge in [-0.15, -0.1) is 0 Å². The Bertz CT molecular complexity index is 1120. The van der Waals surface area contributed by atoms with Gasteiger partial charge in [-0.2, -0.15) is 0 Å². The minimum Gasteiger partial charge on any atom is -0.467 e. The molecule has 2 atom stereocenters. The van der Waals surface area contributed by atoms with E-state index in [1.54, 1.807) is 18.5 Å². The molecule has 7 nitrogen and oxygen atoms in total. The molecule has 184 valence electrons. The number of hydrogen-bond acceptors (Lipinski definition) is 7. The van der Waals surface area contributed by atoms with Gasteiger partial charge in [0.1, 0.15) is 5.82 Å². The summed E-state index contributed by atoms with van der Waals surface area (Å²) in [7, 11) is 1.51. The average Bonchev–Trinajstić information content (AvgIpc) is 3.69. The number of rotatable bonds is 9. The van der Waals surface area contributed by atoms with Crippen molar-refractivity contribution in [1.29, 1.82) is 0 Å². The van der Waals surface area contributed by atoms with Gasteiger partial charge in [0.05, 0.1) is 20.3 Å². The van der Waals surface area contributed by atoms with E-state index in [-0.39, 0.29) is 12.4 Å². The number of benzene rings is 1. The molecular formula is C27H32FN5O2. The van der Waals surface area contributed by atoms with Crippen LogP contribution in [-0.2, 0) is 17.8 Å². The van der Waals surface area contributed by atoms with Crippen LogP contribution >= 0.6 is 0 Å². The van der Waals surface area contributed by atoms with Crippen LogP contribution in [0.5, 0.6) is 6.01 Å². The number of aromatic nitrogens is 4. The van der Waals surface area contributed by atoms with Gasteiger partial charge in [-0.1, -0.05) is 19.1 Å². The van der Waals surface area contributed by atoms with Gasteiger partial charge in [-0.05, 0) is 60.6 Å². The lowest BCUT2D eigenvalue weighted by Gasteiger charge is -2.32. The van der Waals surface area contributed by atoms with Crippen molar-refractivity contribution in [3.63, 3.8) is 0 Å². The van der Waals surface area contributed by atoms with E-state index in [0.29, 0.717) is 24.1 Å². The van der Waals surface area contributed by atoms with Crippen LogP contribution in [0.25, 0.3) is 11.1 Å². The molecule has 0 bridgehead atoms. The number of halogens is 1. The van der Waals surface area contributed by atoms with E-state index in [4.69, 9.17) is 9.47 Å². The second kappa shape index (κ2) is 10.6. The maximum Gasteiger partial charge on any atom is 0.316 e. The summed E-state index contributed by atoms with van der Waals surface area (Å²) < 4.78 is 25.5. The van der Waals surface area contributed by atoms with Crippen LogP contribution in [0, 0.1) is 23.6 Å². The summed E-state index contributed by atoms with van der Waals surface area (Å²) >= 11 is 0. The van der Waals surface area contributed by atoms with Crippen LogP contribution in [0.3, 0.4) is 0 Å². The zero-order valence-corrected chi connectivity index (χ0v) is 20.4. The largest absolute Gasteiger partial charge is 0.467 e. The molecule has 1 saturated heterocycles. The first-order chi connectivity index (χ1) is 17.1. The highest BCUT2D eigenvalue weighted by atomic mass is 19.1. The summed E-state index contributed by atoms with van der Waals surface area (Å²) in [6.45, 7) is 5.12. The average molecular weight is 478 g/mol. The zero-order valence-electron chi connectivity index (χ0n) is 20.4. The highest BCUT2D eigenvalue weighted by Crippen LogP contribution is 2.48. The third-order valence-electron chi connectivity index (χ3n) is 7.29. The Morgan fingerprint density at radius 3 is 2.40 bits per heavy atom. The molecular weight excluding hydrogens is 445 g/mol. The SMILES string of the molecule is CCc1cnc(N2CCC([C@H]3C[C@H]3COCc3ccc(-c4cnc(OC)nc4)cc3F)CC2)nc1. The van der Waals surface area contributed by atoms with Crippen molar-refractivity contribution in [3.8, 4) is 17.1 Å². The topological polar surface area (TPSA) is 73.3 Å². The molecule has 1 aliphatic carbocycles. The highest BCUT2D eigenvalue weighted by molar-refractivity contribution is 5.62. The maximum atomic E-state index is 14.6. The van der Waals surface area contributed by atoms with Gasteiger partial charge >= 0.3 is 6.01 Å². The van der Waals surface area contributed by atoms with Crippen molar-refractivity contribution in [1.82, 2.24) is 19.9 Å². The molecule has 2 fully saturated rings. The summed E-state index contributed by atoms with van der Waals surface area (Å²) in [6, 6.07) is 5.46. The standard InChI is InChI=1S/C27H32FN5O2/c1-3-18-12-29-26(30-13-18)33-8-6-19(7-9-33)24-10-22(24)17-35-16-21-5-4-20(11-25(21)28)23-14-31-27(34-2)32-15-23/h4-5,11-15,19,22,24H,3,6-10,16-17H2,1-2H3/t22-,24+/m0/s1. The number of anilines is 1. The summed E-state index contributed by atoms with van der Waals surface area (Å²) in [5, 5.41) is 0. The van der Waals surface area contributed by atoms with Crippen molar-refractivity contribution in [2.75, 3.05) is 31.7 Å². The Morgan fingerprint density at radius 1 is 1.00 bits per heavy atom. The third-order valence-corrected chi connectivity index (χ3v) is 7.29. The molecule has 1 aromatic carbocycles. The van der Waals surface area contributed by atoms with E-state index in [1.807, 2.05) is 18.5 Å². The fourth-order valence-corrected chi connectivity index (χ4v) is 5.00. The van der Waals surface area contributed by atoms with Crippen molar-refractivity contribution >= 4 is 5.95 Å². The number of piperidine rings is 1. The molecule has 0 unspecified atom stereocenters. The van der Waals surface area contributed by atoms with Gasteiger partial charge in [0.2, 0.25) is 5.95 Å². The van der Waals surface area contributed by atoms with Crippen molar-refractivity contribution in [2.24, 2.45) is 17.8 Å². The van der Waals surface area contributed by atoms with E-state index in [9.17, 15) is 4.39 Å². The minimum atomic E-state index is -0.271. The lowest BCUT2D eigenvalue weighted by molar-refractivity contribution is 0.102. The van der Waals surface area contributed by atoms with E-state index in [2.05, 4.69) is 31.8 Å². The summed E-state index contributed by atoms with van der Waals surface area (Å²) in [6.07, 6.45) is 11.7. The lowest BCUT2D eigenvalue weighted by Crippen LogP contribution is -2.35. The van der Waals surface area contributed by atoms with Crippen LogP contribution in [0.15, 0.2) is 43.0 Å². The molecule has 0 radical (unpaired) electrons. The summed E-state index contributed by atoms with van der Waals surface area (Å²) in [5.41, 5.74) is 3.22. The molecule has 3 aromatic rings. The molecule has 0 amide bonds. The molecule has 2 aliphatic rings. The molecule has 1 aliphatic heterocycles. The number of hydrogen-bond donors (Lipinski definition) is 0. The van der Waals surface area contributed by atoms with Crippen LogP contribution in [0.2, 0.25) is 0 Å². The van der Waals surface area contributed by atoms with Gasteiger partial charge in [0.25, 0.3) is 0 Å². The number of aryl methyl sites for hydroxylation is 1. The Balaban J connectivity index is 1.06. The summed E-state index contributed by atoms with van der Waals surface area (Å²) in [5.74, 6) is 2.63. The Labute approximate surface area is 205 Å². The van der Waals surface area contributed by atoms with E-state index in [1.165, 1.54) is 38.0 Å². The van der Waals surface area contributed by atoms with E-state index < -0.39 is 0 Å². The zero-order chi connectivity index (χ0) is 24.2. The van der Waals surface area contributed by atoms with Crippen LogP contribution in [0.4, 0.5) is 10.3 Å². The normalized spacial score (nSPS) is 20.1. The van der Waals surface area contributed by atoms with Gasteiger partial charge < -0.3 is 14.4 Å². The van der Waals surface area contributed by atoms with Crippen LogP contribution < -0.4 is 9.64 Å². The van der Waals surface area contributed by atoms with Crippen molar-refractivity contribution in [3.05, 3.63) is 59.9 Å². The summed E-state index contributed by atoms with van der Waals surface area (Å²) in [4.78, 5) is 19.5. The minimum absolute atomic E-state index is 0.271. The number of ether oxygens (including phenoxy) is 2. The third kappa shape index (κ3) is 5.59. The lowest BCUT2D eigenvalue weighted by atomic mass is 9.91. The first kappa shape index (κ1) is 23.6. The highest BCUT2D eigenvalue weighted by Gasteiger charge is 2.43. The number of nitrogens with zero attached hydrogens (tertiary/aromatic N) is 5. The van der Waals surface area contributed by atoms with Gasteiger partial charge in [-0.25, -0.2) is 24.3 Å². The molecule has 0 spiro atoms. The maximum absolute atomic E-state index is 14.6. The second-order valence-corrected chi connectivity index (χ2v) is 9.51. The van der Waals surface area contributed by atoms with Gasteiger partial charge in [0, 0.05) is 49.0 Å².